The minimum Gasteiger partial charge on any atom is -0.390 e. The van der Waals surface area contributed by atoms with Crippen LogP contribution in [0.3, 0.4) is 0 Å². The molecule has 0 bridgehead atoms. The molecule has 2 heterocycles. The van der Waals surface area contributed by atoms with Crippen LogP contribution in [0.5, 0.6) is 0 Å². The zero-order valence-corrected chi connectivity index (χ0v) is 6.47. The summed E-state index contributed by atoms with van der Waals surface area (Å²) < 4.78 is 1.70. The van der Waals surface area contributed by atoms with Gasteiger partial charge in [0.2, 0.25) is 0 Å². The summed E-state index contributed by atoms with van der Waals surface area (Å²) in [6.45, 7) is 1.25. The van der Waals surface area contributed by atoms with Gasteiger partial charge in [-0.2, -0.15) is 0 Å². The highest BCUT2D eigenvalue weighted by Crippen LogP contribution is 2.08. The molecule has 1 fully saturated rings. The van der Waals surface area contributed by atoms with Gasteiger partial charge >= 0.3 is 0 Å². The lowest BCUT2D eigenvalue weighted by Crippen LogP contribution is -2.14. The number of nitrogens with zero attached hydrogens (tertiary/aromatic N) is 3. The first-order chi connectivity index (χ1) is 5.90. The van der Waals surface area contributed by atoms with E-state index in [0.29, 0.717) is 12.3 Å². The number of hydrogen-bond donors (Lipinski definition) is 2. The predicted octanol–water partition coefficient (Wildman–Crippen LogP) is -1.15. The molecule has 0 saturated carbocycles. The maximum Gasteiger partial charge on any atom is 0.108 e. The lowest BCUT2D eigenvalue weighted by Gasteiger charge is -2.03. The molecule has 0 amide bonds. The Hall–Kier alpha value is -0.980. The first-order valence-electron chi connectivity index (χ1n) is 3.76. The van der Waals surface area contributed by atoms with Gasteiger partial charge in [-0.15, -0.1) is 5.10 Å². The molecule has 2 rings (SSSR count). The first kappa shape index (κ1) is 7.66. The van der Waals surface area contributed by atoms with Crippen LogP contribution < -0.4 is 5.48 Å². The van der Waals surface area contributed by atoms with Crippen LogP contribution in [0.1, 0.15) is 11.7 Å². The van der Waals surface area contributed by atoms with E-state index in [2.05, 4.69) is 15.8 Å². The maximum atomic E-state index is 8.73. The highest BCUT2D eigenvalue weighted by Gasteiger charge is 2.18. The molecule has 1 aromatic rings. The van der Waals surface area contributed by atoms with E-state index in [1.807, 2.05) is 0 Å². The SMILES string of the molecule is OCc1cn([C@H]2CNOC2)nn1. The van der Waals surface area contributed by atoms with Gasteiger partial charge < -0.3 is 5.11 Å². The molecule has 1 aliphatic rings. The zero-order valence-electron chi connectivity index (χ0n) is 6.47. The van der Waals surface area contributed by atoms with Crippen molar-refractivity contribution in [2.45, 2.75) is 12.6 Å². The van der Waals surface area contributed by atoms with Gasteiger partial charge in [0, 0.05) is 6.54 Å². The van der Waals surface area contributed by atoms with Gasteiger partial charge in [0.1, 0.15) is 5.69 Å². The van der Waals surface area contributed by atoms with Crippen LogP contribution in [0.4, 0.5) is 0 Å². The topological polar surface area (TPSA) is 72.2 Å². The van der Waals surface area contributed by atoms with Crippen LogP contribution in [0, 0.1) is 0 Å². The summed E-state index contributed by atoms with van der Waals surface area (Å²) in [7, 11) is 0. The van der Waals surface area contributed by atoms with Crippen LogP contribution in [-0.2, 0) is 11.4 Å². The number of nitrogens with one attached hydrogen (secondary N) is 1. The minimum absolute atomic E-state index is 0.0684. The molecule has 66 valence electrons. The molecule has 0 aromatic carbocycles. The molecule has 12 heavy (non-hydrogen) atoms. The summed E-state index contributed by atoms with van der Waals surface area (Å²) in [6.07, 6.45) is 1.72. The van der Waals surface area contributed by atoms with E-state index in [0.717, 1.165) is 6.54 Å². The summed E-state index contributed by atoms with van der Waals surface area (Å²) in [6, 6.07) is 0.192. The largest absolute Gasteiger partial charge is 0.390 e. The van der Waals surface area contributed by atoms with Crippen molar-refractivity contribution in [3.8, 4) is 0 Å². The van der Waals surface area contributed by atoms with Gasteiger partial charge in [-0.25, -0.2) is 10.2 Å². The summed E-state index contributed by atoms with van der Waals surface area (Å²) >= 11 is 0. The second-order valence-electron chi connectivity index (χ2n) is 2.66. The molecule has 0 unspecified atom stereocenters. The number of hydroxylamine groups is 1. The third kappa shape index (κ3) is 1.31. The quantitative estimate of drug-likeness (QED) is 0.586. The Bertz CT molecular complexity index is 256. The van der Waals surface area contributed by atoms with Crippen molar-refractivity contribution in [3.63, 3.8) is 0 Å². The van der Waals surface area contributed by atoms with Crippen LogP contribution in [0.15, 0.2) is 6.20 Å². The smallest absolute Gasteiger partial charge is 0.108 e. The van der Waals surface area contributed by atoms with E-state index in [1.54, 1.807) is 10.9 Å². The number of rotatable bonds is 2. The fourth-order valence-electron chi connectivity index (χ4n) is 1.10. The van der Waals surface area contributed by atoms with Gasteiger partial charge in [-0.3, -0.25) is 4.84 Å². The summed E-state index contributed by atoms with van der Waals surface area (Å²) in [5.41, 5.74) is 3.33. The van der Waals surface area contributed by atoms with Crippen LogP contribution >= 0.6 is 0 Å². The van der Waals surface area contributed by atoms with E-state index < -0.39 is 0 Å². The van der Waals surface area contributed by atoms with E-state index in [4.69, 9.17) is 9.94 Å². The standard InChI is InChI=1S/C6H10N4O2/c11-3-5-2-10(9-8-5)6-1-7-12-4-6/h2,6-7,11H,1,3-4H2/t6-/m0/s1. The Balaban J connectivity index is 2.11. The minimum atomic E-state index is -0.0684. The molecule has 1 atom stereocenters. The third-order valence-electron chi connectivity index (χ3n) is 1.79. The zero-order chi connectivity index (χ0) is 8.39. The summed E-state index contributed by atoms with van der Waals surface area (Å²) in [4.78, 5) is 4.95. The van der Waals surface area contributed by atoms with E-state index in [1.165, 1.54) is 0 Å². The Morgan fingerprint density at radius 3 is 3.33 bits per heavy atom. The van der Waals surface area contributed by atoms with Gasteiger partial charge in [0.05, 0.1) is 25.5 Å². The van der Waals surface area contributed by atoms with E-state index in [-0.39, 0.29) is 12.6 Å². The third-order valence-corrected chi connectivity index (χ3v) is 1.79. The summed E-state index contributed by atoms with van der Waals surface area (Å²) in [5.74, 6) is 0. The summed E-state index contributed by atoms with van der Waals surface area (Å²) in [5, 5.41) is 16.3. The Morgan fingerprint density at radius 2 is 2.75 bits per heavy atom. The van der Waals surface area contributed by atoms with E-state index >= 15 is 0 Å². The molecule has 0 radical (unpaired) electrons. The Labute approximate surface area is 69.1 Å². The predicted molar refractivity (Wildman–Crippen MR) is 38.9 cm³/mol. The van der Waals surface area contributed by atoms with E-state index in [9.17, 15) is 0 Å². The number of aliphatic hydroxyl groups is 1. The molecular formula is C6H10N4O2. The van der Waals surface area contributed by atoms with Crippen molar-refractivity contribution < 1.29 is 9.94 Å². The monoisotopic (exact) mass is 170 g/mol. The second-order valence-corrected chi connectivity index (χ2v) is 2.66. The van der Waals surface area contributed by atoms with Crippen molar-refractivity contribution in [2.75, 3.05) is 13.2 Å². The van der Waals surface area contributed by atoms with Gasteiger partial charge in [-0.1, -0.05) is 5.21 Å². The van der Waals surface area contributed by atoms with Crippen molar-refractivity contribution >= 4 is 0 Å². The van der Waals surface area contributed by atoms with Gasteiger partial charge in [0.15, 0.2) is 0 Å². The van der Waals surface area contributed by atoms with Crippen LogP contribution in [-0.4, -0.2) is 33.3 Å². The molecule has 6 nitrogen and oxygen atoms in total. The molecule has 1 aromatic heterocycles. The lowest BCUT2D eigenvalue weighted by atomic mass is 10.3. The average molecular weight is 170 g/mol. The highest BCUT2D eigenvalue weighted by molar-refractivity contribution is 4.91. The molecule has 1 saturated heterocycles. The lowest BCUT2D eigenvalue weighted by molar-refractivity contribution is 0.0968. The van der Waals surface area contributed by atoms with Crippen molar-refractivity contribution in [1.29, 1.82) is 0 Å². The molecule has 2 N–H and O–H groups in total. The average Bonchev–Trinajstić information content (AvgIpc) is 2.75. The fraction of sp³-hybridized carbons (Fsp3) is 0.667. The van der Waals surface area contributed by atoms with Gasteiger partial charge in [0.25, 0.3) is 0 Å². The van der Waals surface area contributed by atoms with Gasteiger partial charge in [-0.05, 0) is 0 Å². The van der Waals surface area contributed by atoms with Crippen molar-refractivity contribution in [1.82, 2.24) is 20.5 Å². The number of hydrogen-bond acceptors (Lipinski definition) is 5. The second kappa shape index (κ2) is 3.18. The Morgan fingerprint density at radius 1 is 1.83 bits per heavy atom. The van der Waals surface area contributed by atoms with Crippen LogP contribution in [0.25, 0.3) is 0 Å². The first-order valence-corrected chi connectivity index (χ1v) is 3.76. The molecule has 0 spiro atoms. The maximum absolute atomic E-state index is 8.73. The fourth-order valence-corrected chi connectivity index (χ4v) is 1.10. The molecular weight excluding hydrogens is 160 g/mol. The van der Waals surface area contributed by atoms with Crippen molar-refractivity contribution in [3.05, 3.63) is 11.9 Å². The van der Waals surface area contributed by atoms with Crippen molar-refractivity contribution in [2.24, 2.45) is 0 Å². The molecule has 1 aliphatic heterocycles. The normalized spacial score (nSPS) is 23.2. The Kier molecular flexibility index (Phi) is 2.03. The number of aromatic nitrogens is 3. The highest BCUT2D eigenvalue weighted by atomic mass is 16.7. The number of aliphatic hydroxyl groups excluding tert-OH is 1. The molecule has 6 heteroatoms. The molecule has 0 aliphatic carbocycles. The van der Waals surface area contributed by atoms with Crippen LogP contribution in [0.2, 0.25) is 0 Å².